The summed E-state index contributed by atoms with van der Waals surface area (Å²) in [5.74, 6) is 6.77. The van der Waals surface area contributed by atoms with E-state index >= 15 is 0 Å². The van der Waals surface area contributed by atoms with Gasteiger partial charge in [0.2, 0.25) is 0 Å². The Morgan fingerprint density at radius 3 is 2.67 bits per heavy atom. The first kappa shape index (κ1) is 14.1. The number of carbonyl (C=O) groups is 1. The Bertz CT molecular complexity index is 561. The SMILES string of the molecule is N/C=C1/c2ccccc2C(CC(=O)C2CCCCC2)N1N. The molecule has 4 heteroatoms. The Hall–Kier alpha value is -1.81. The molecule has 1 aromatic carbocycles. The van der Waals surface area contributed by atoms with Gasteiger partial charge >= 0.3 is 0 Å². The van der Waals surface area contributed by atoms with E-state index in [1.807, 2.05) is 24.3 Å². The predicted octanol–water partition coefficient (Wildman–Crippen LogP) is 2.71. The van der Waals surface area contributed by atoms with Crippen molar-refractivity contribution in [3.8, 4) is 0 Å². The molecule has 0 amide bonds. The van der Waals surface area contributed by atoms with Gasteiger partial charge in [-0.1, -0.05) is 43.5 Å². The van der Waals surface area contributed by atoms with Gasteiger partial charge in [-0.05, 0) is 18.4 Å². The highest BCUT2D eigenvalue weighted by atomic mass is 16.1. The topological polar surface area (TPSA) is 72.4 Å². The second-order valence-corrected chi connectivity index (χ2v) is 6.07. The summed E-state index contributed by atoms with van der Waals surface area (Å²) in [6.45, 7) is 0. The van der Waals surface area contributed by atoms with Crippen molar-refractivity contribution in [3.05, 3.63) is 41.6 Å². The van der Waals surface area contributed by atoms with Crippen molar-refractivity contribution in [2.75, 3.05) is 0 Å². The Kier molecular flexibility index (Phi) is 3.97. The Balaban J connectivity index is 1.80. The number of hydrazine groups is 1. The predicted molar refractivity (Wildman–Crippen MR) is 83.6 cm³/mol. The Labute approximate surface area is 125 Å². The second-order valence-electron chi connectivity index (χ2n) is 6.07. The van der Waals surface area contributed by atoms with Gasteiger partial charge in [0.1, 0.15) is 5.78 Å². The standard InChI is InChI=1S/C17H23N3O/c18-11-16-14-9-5-4-8-13(14)15(20(16)19)10-17(21)12-6-2-1-3-7-12/h4-5,8-9,11-12,15H,1-3,6-7,10,18-19H2/b16-11-. The number of hydrogen-bond donors (Lipinski definition) is 2. The highest BCUT2D eigenvalue weighted by molar-refractivity contribution is 5.83. The second kappa shape index (κ2) is 5.90. The molecule has 4 N–H and O–H groups in total. The van der Waals surface area contributed by atoms with Gasteiger partial charge in [0.15, 0.2) is 0 Å². The maximum Gasteiger partial charge on any atom is 0.138 e. The molecule has 1 aromatic rings. The quantitative estimate of drug-likeness (QED) is 0.838. The third kappa shape index (κ3) is 2.56. The zero-order valence-corrected chi connectivity index (χ0v) is 12.3. The van der Waals surface area contributed by atoms with Crippen LogP contribution in [0.2, 0.25) is 0 Å². The smallest absolute Gasteiger partial charge is 0.138 e. The summed E-state index contributed by atoms with van der Waals surface area (Å²) in [6.07, 6.45) is 7.71. The minimum absolute atomic E-state index is 0.0783. The van der Waals surface area contributed by atoms with E-state index < -0.39 is 0 Å². The van der Waals surface area contributed by atoms with Gasteiger partial charge in [-0.2, -0.15) is 0 Å². The van der Waals surface area contributed by atoms with Gasteiger partial charge in [-0.3, -0.25) is 4.79 Å². The maximum atomic E-state index is 12.6. The number of benzene rings is 1. The summed E-state index contributed by atoms with van der Waals surface area (Å²) < 4.78 is 0. The van der Waals surface area contributed by atoms with Crippen molar-refractivity contribution >= 4 is 11.5 Å². The van der Waals surface area contributed by atoms with Gasteiger partial charge in [-0.15, -0.1) is 0 Å². The van der Waals surface area contributed by atoms with E-state index in [1.54, 1.807) is 5.01 Å². The third-order valence-corrected chi connectivity index (χ3v) is 4.82. The van der Waals surface area contributed by atoms with E-state index in [2.05, 4.69) is 0 Å². The molecule has 0 aromatic heterocycles. The number of ketones is 1. The van der Waals surface area contributed by atoms with Gasteiger partial charge in [-0.25, -0.2) is 5.84 Å². The van der Waals surface area contributed by atoms with Gasteiger partial charge in [0.05, 0.1) is 11.7 Å². The van der Waals surface area contributed by atoms with Gasteiger partial charge in [0.25, 0.3) is 0 Å². The number of rotatable bonds is 3. The molecule has 0 saturated heterocycles. The van der Waals surface area contributed by atoms with E-state index in [4.69, 9.17) is 11.6 Å². The van der Waals surface area contributed by atoms with E-state index in [0.717, 1.165) is 29.7 Å². The monoisotopic (exact) mass is 285 g/mol. The molecule has 1 unspecified atom stereocenters. The van der Waals surface area contributed by atoms with E-state index in [9.17, 15) is 4.79 Å². The minimum atomic E-state index is -0.0783. The number of nitrogens with zero attached hydrogens (tertiary/aromatic N) is 1. The molecule has 0 radical (unpaired) electrons. The highest BCUT2D eigenvalue weighted by Gasteiger charge is 2.34. The first-order valence-corrected chi connectivity index (χ1v) is 7.80. The summed E-state index contributed by atoms with van der Waals surface area (Å²) >= 11 is 0. The number of nitrogens with two attached hydrogens (primary N) is 2. The summed E-state index contributed by atoms with van der Waals surface area (Å²) in [5.41, 5.74) is 8.68. The molecule has 1 heterocycles. The molecule has 1 fully saturated rings. The van der Waals surface area contributed by atoms with Crippen LogP contribution in [0.5, 0.6) is 0 Å². The average molecular weight is 285 g/mol. The molecule has 1 aliphatic heterocycles. The molecule has 3 rings (SSSR count). The highest BCUT2D eigenvalue weighted by Crippen LogP contribution is 2.41. The van der Waals surface area contributed by atoms with E-state index in [-0.39, 0.29) is 12.0 Å². The molecule has 1 atom stereocenters. The lowest BCUT2D eigenvalue weighted by atomic mass is 9.83. The van der Waals surface area contributed by atoms with Crippen molar-refractivity contribution in [1.29, 1.82) is 0 Å². The van der Waals surface area contributed by atoms with Crippen molar-refractivity contribution in [1.82, 2.24) is 5.01 Å². The largest absolute Gasteiger partial charge is 0.403 e. The lowest BCUT2D eigenvalue weighted by Crippen LogP contribution is -2.32. The van der Waals surface area contributed by atoms with Crippen molar-refractivity contribution in [3.63, 3.8) is 0 Å². The van der Waals surface area contributed by atoms with Crippen molar-refractivity contribution in [2.45, 2.75) is 44.6 Å². The van der Waals surface area contributed by atoms with Gasteiger partial charge < -0.3 is 10.7 Å². The lowest BCUT2D eigenvalue weighted by Gasteiger charge is -2.26. The number of hydrogen-bond acceptors (Lipinski definition) is 4. The van der Waals surface area contributed by atoms with Crippen LogP contribution in [0, 0.1) is 5.92 Å². The van der Waals surface area contributed by atoms with Crippen LogP contribution in [0.4, 0.5) is 0 Å². The molecule has 0 spiro atoms. The number of fused-ring (bicyclic) bond motifs is 1. The van der Waals surface area contributed by atoms with Crippen molar-refractivity contribution in [2.24, 2.45) is 17.5 Å². The fourth-order valence-corrected chi connectivity index (χ4v) is 3.64. The molecular formula is C17H23N3O. The molecule has 4 nitrogen and oxygen atoms in total. The molecule has 2 aliphatic rings. The van der Waals surface area contributed by atoms with Crippen LogP contribution in [0.1, 0.15) is 55.7 Å². The molecule has 0 bridgehead atoms. The van der Waals surface area contributed by atoms with E-state index in [1.165, 1.54) is 25.5 Å². The number of Topliss-reactive ketones (excluding diaryl/α,β-unsaturated/α-hetero) is 1. The fourth-order valence-electron chi connectivity index (χ4n) is 3.64. The van der Waals surface area contributed by atoms with Crippen LogP contribution in [0.15, 0.2) is 30.5 Å². The van der Waals surface area contributed by atoms with Crippen LogP contribution in [-0.4, -0.2) is 10.8 Å². The van der Waals surface area contributed by atoms with Crippen LogP contribution in [-0.2, 0) is 4.79 Å². The molecule has 21 heavy (non-hydrogen) atoms. The fraction of sp³-hybridized carbons (Fsp3) is 0.471. The minimum Gasteiger partial charge on any atom is -0.403 e. The van der Waals surface area contributed by atoms with Gasteiger partial charge in [0, 0.05) is 24.1 Å². The van der Waals surface area contributed by atoms with Crippen LogP contribution in [0.3, 0.4) is 0 Å². The molecule has 112 valence electrons. The molecule has 1 saturated carbocycles. The Morgan fingerprint density at radius 1 is 1.24 bits per heavy atom. The summed E-state index contributed by atoms with van der Waals surface area (Å²) in [7, 11) is 0. The average Bonchev–Trinajstić information content (AvgIpc) is 2.80. The van der Waals surface area contributed by atoms with Crippen LogP contribution >= 0.6 is 0 Å². The van der Waals surface area contributed by atoms with E-state index in [0.29, 0.717) is 12.2 Å². The van der Waals surface area contributed by atoms with Crippen LogP contribution < -0.4 is 11.6 Å². The summed E-state index contributed by atoms with van der Waals surface area (Å²) in [6, 6.07) is 7.94. The third-order valence-electron chi connectivity index (χ3n) is 4.82. The van der Waals surface area contributed by atoms with Crippen molar-refractivity contribution < 1.29 is 4.79 Å². The molecular weight excluding hydrogens is 262 g/mol. The first-order chi connectivity index (χ1) is 10.2. The lowest BCUT2D eigenvalue weighted by molar-refractivity contribution is -0.124. The molecule has 1 aliphatic carbocycles. The maximum absolute atomic E-state index is 12.6. The summed E-state index contributed by atoms with van der Waals surface area (Å²) in [4.78, 5) is 12.6. The van der Waals surface area contributed by atoms with Crippen LogP contribution in [0.25, 0.3) is 5.70 Å². The zero-order chi connectivity index (χ0) is 14.8. The first-order valence-electron chi connectivity index (χ1n) is 7.80. The summed E-state index contributed by atoms with van der Waals surface area (Å²) in [5, 5.41) is 1.66. The number of carbonyl (C=O) groups excluding carboxylic acids is 1. The normalized spacial score (nSPS) is 24.3. The Morgan fingerprint density at radius 2 is 1.95 bits per heavy atom. The zero-order valence-electron chi connectivity index (χ0n) is 12.3.